The number of hydrogen-bond donors (Lipinski definition) is 1. The smallest absolute Gasteiger partial charge is 0.128 e. The average molecular weight is 587 g/mol. The van der Waals surface area contributed by atoms with Crippen LogP contribution in [0.3, 0.4) is 0 Å². The molecule has 0 aliphatic carbocycles. The Hall–Kier alpha value is -5.74. The highest BCUT2D eigenvalue weighted by atomic mass is 16.5. The summed E-state index contributed by atoms with van der Waals surface area (Å²) in [7, 11) is 3.46. The molecule has 0 aliphatic rings. The van der Waals surface area contributed by atoms with Crippen molar-refractivity contribution in [1.82, 2.24) is 0 Å². The Labute approximate surface area is 264 Å². The minimum Gasteiger partial charge on any atom is -0.496 e. The molecule has 0 saturated heterocycles. The first-order valence-corrected chi connectivity index (χ1v) is 15.1. The quantitative estimate of drug-likeness (QED) is 0.192. The molecule has 0 atom stereocenters. The number of fused-ring (bicyclic) bond motifs is 2. The summed E-state index contributed by atoms with van der Waals surface area (Å²) in [4.78, 5) is 2.27. The average Bonchev–Trinajstić information content (AvgIpc) is 3.09. The third-order valence-electron chi connectivity index (χ3n) is 8.27. The van der Waals surface area contributed by atoms with Crippen LogP contribution in [0.2, 0.25) is 0 Å². The second-order valence-corrected chi connectivity index (χ2v) is 11.2. The van der Waals surface area contributed by atoms with E-state index in [4.69, 9.17) is 9.47 Å². The maximum Gasteiger partial charge on any atom is 0.128 e. The first-order valence-electron chi connectivity index (χ1n) is 15.1. The van der Waals surface area contributed by atoms with Gasteiger partial charge in [-0.25, -0.2) is 0 Å². The molecule has 1 N–H and O–H groups in total. The Kier molecular flexibility index (Phi) is 7.54. The fourth-order valence-corrected chi connectivity index (χ4v) is 5.99. The van der Waals surface area contributed by atoms with Gasteiger partial charge in [0.15, 0.2) is 0 Å². The van der Waals surface area contributed by atoms with Crippen LogP contribution in [0.1, 0.15) is 5.56 Å². The Bertz CT molecular complexity index is 2030. The van der Waals surface area contributed by atoms with Gasteiger partial charge in [0.25, 0.3) is 0 Å². The minimum absolute atomic E-state index is 0.827. The van der Waals surface area contributed by atoms with Crippen molar-refractivity contribution < 1.29 is 9.47 Å². The van der Waals surface area contributed by atoms with E-state index in [1.165, 1.54) is 5.56 Å². The molecule has 0 saturated carbocycles. The van der Waals surface area contributed by atoms with Crippen molar-refractivity contribution in [3.8, 4) is 22.6 Å². The maximum atomic E-state index is 5.89. The van der Waals surface area contributed by atoms with Gasteiger partial charge in [-0.1, -0.05) is 96.6 Å². The zero-order chi connectivity index (χ0) is 30.8. The highest BCUT2D eigenvalue weighted by Gasteiger charge is 2.18. The zero-order valence-corrected chi connectivity index (χ0v) is 25.6. The fourth-order valence-electron chi connectivity index (χ4n) is 5.99. The van der Waals surface area contributed by atoms with Crippen LogP contribution in [0.25, 0.3) is 32.7 Å². The van der Waals surface area contributed by atoms with Crippen LogP contribution in [0, 0.1) is 6.92 Å². The summed E-state index contributed by atoms with van der Waals surface area (Å²) < 4.78 is 11.8. The summed E-state index contributed by atoms with van der Waals surface area (Å²) in [6.07, 6.45) is 0. The highest BCUT2D eigenvalue weighted by Crippen LogP contribution is 2.43. The number of benzene rings is 7. The first kappa shape index (κ1) is 28.1. The Morgan fingerprint density at radius 1 is 0.511 bits per heavy atom. The number of hydrogen-bond acceptors (Lipinski definition) is 4. The molecule has 7 aromatic carbocycles. The van der Waals surface area contributed by atoms with E-state index in [-0.39, 0.29) is 0 Å². The molecule has 0 fully saturated rings. The highest BCUT2D eigenvalue weighted by molar-refractivity contribution is 5.97. The fraction of sp³-hybridized carbons (Fsp3) is 0.0732. The molecule has 7 rings (SSSR count). The summed E-state index contributed by atoms with van der Waals surface area (Å²) in [5, 5.41) is 7.98. The third-order valence-corrected chi connectivity index (χ3v) is 8.27. The zero-order valence-electron chi connectivity index (χ0n) is 25.6. The number of nitrogens with one attached hydrogen (secondary N) is 1. The number of para-hydroxylation sites is 1. The molecule has 45 heavy (non-hydrogen) atoms. The summed E-state index contributed by atoms with van der Waals surface area (Å²) in [6, 6.07) is 50.9. The molecule has 0 aromatic heterocycles. The van der Waals surface area contributed by atoms with Crippen molar-refractivity contribution in [1.29, 1.82) is 0 Å². The number of rotatable bonds is 8. The van der Waals surface area contributed by atoms with Crippen LogP contribution in [0.4, 0.5) is 28.4 Å². The number of methoxy groups -OCH3 is 2. The summed E-state index contributed by atoms with van der Waals surface area (Å²) in [5.41, 5.74) is 8.64. The van der Waals surface area contributed by atoms with Gasteiger partial charge in [0.2, 0.25) is 0 Å². The number of aryl methyl sites for hydroxylation is 1. The lowest BCUT2D eigenvalue weighted by atomic mass is 10.0. The van der Waals surface area contributed by atoms with Crippen LogP contribution >= 0.6 is 0 Å². The number of ether oxygens (including phenoxy) is 2. The molecular weight excluding hydrogens is 552 g/mol. The SMILES string of the molecule is COc1cc(N(c2ccc(-c3ccccc3Nc3ccc(C)cc3)cc2)c2cc(OC)c3ccccc3c2)cc2ccccc12. The largest absolute Gasteiger partial charge is 0.496 e. The summed E-state index contributed by atoms with van der Waals surface area (Å²) in [6.45, 7) is 2.10. The third kappa shape index (κ3) is 5.54. The molecular formula is C41H34N2O2. The van der Waals surface area contributed by atoms with E-state index in [1.54, 1.807) is 14.2 Å². The Balaban J connectivity index is 1.35. The summed E-state index contributed by atoms with van der Waals surface area (Å²) >= 11 is 0. The van der Waals surface area contributed by atoms with Crippen molar-refractivity contribution in [2.24, 2.45) is 0 Å². The van der Waals surface area contributed by atoms with E-state index in [9.17, 15) is 0 Å². The van der Waals surface area contributed by atoms with E-state index in [2.05, 4.69) is 151 Å². The van der Waals surface area contributed by atoms with Gasteiger partial charge in [0.1, 0.15) is 11.5 Å². The van der Waals surface area contributed by atoms with E-state index in [0.717, 1.165) is 72.6 Å². The molecule has 0 aliphatic heterocycles. The van der Waals surface area contributed by atoms with Crippen molar-refractivity contribution in [3.05, 3.63) is 151 Å². The molecule has 0 spiro atoms. The van der Waals surface area contributed by atoms with Crippen molar-refractivity contribution in [2.45, 2.75) is 6.92 Å². The second kappa shape index (κ2) is 12.1. The van der Waals surface area contributed by atoms with Crippen LogP contribution < -0.4 is 19.7 Å². The van der Waals surface area contributed by atoms with E-state index in [0.29, 0.717) is 0 Å². The normalized spacial score (nSPS) is 11.0. The van der Waals surface area contributed by atoms with Gasteiger partial charge in [-0.05, 0) is 65.7 Å². The second-order valence-electron chi connectivity index (χ2n) is 11.2. The minimum atomic E-state index is 0.827. The lowest BCUT2D eigenvalue weighted by Crippen LogP contribution is -2.10. The monoisotopic (exact) mass is 586 g/mol. The molecule has 0 radical (unpaired) electrons. The number of nitrogens with zero attached hydrogens (tertiary/aromatic N) is 1. The van der Waals surface area contributed by atoms with Crippen LogP contribution in [0.5, 0.6) is 11.5 Å². The standard InChI is InChI=1S/C41H34N2O2/c1-28-16-20-32(21-17-28)42-39-15-9-8-12-36(39)29-18-22-33(23-19-29)43(34-24-30-10-4-6-13-37(30)40(26-34)44-2)35-25-31-11-5-7-14-38(31)41(27-35)45-3/h4-27,42H,1-3H3. The molecule has 220 valence electrons. The van der Waals surface area contributed by atoms with Gasteiger partial charge in [-0.2, -0.15) is 0 Å². The first-order chi connectivity index (χ1) is 22.1. The van der Waals surface area contributed by atoms with Gasteiger partial charge in [-0.3, -0.25) is 0 Å². The van der Waals surface area contributed by atoms with Gasteiger partial charge >= 0.3 is 0 Å². The maximum absolute atomic E-state index is 5.89. The van der Waals surface area contributed by atoms with Crippen LogP contribution in [-0.2, 0) is 0 Å². The van der Waals surface area contributed by atoms with Gasteiger partial charge < -0.3 is 19.7 Å². The Morgan fingerprint density at radius 3 is 1.62 bits per heavy atom. The van der Waals surface area contributed by atoms with E-state index < -0.39 is 0 Å². The van der Waals surface area contributed by atoms with Crippen LogP contribution in [-0.4, -0.2) is 14.2 Å². The molecule has 0 bridgehead atoms. The van der Waals surface area contributed by atoms with Crippen molar-refractivity contribution in [2.75, 3.05) is 24.4 Å². The van der Waals surface area contributed by atoms with E-state index >= 15 is 0 Å². The lowest BCUT2D eigenvalue weighted by molar-refractivity contribution is 0.419. The van der Waals surface area contributed by atoms with Gasteiger partial charge in [0.05, 0.1) is 25.6 Å². The lowest BCUT2D eigenvalue weighted by Gasteiger charge is -2.27. The van der Waals surface area contributed by atoms with E-state index in [1.807, 2.05) is 12.1 Å². The van der Waals surface area contributed by atoms with Crippen molar-refractivity contribution in [3.63, 3.8) is 0 Å². The molecule has 0 unspecified atom stereocenters. The molecule has 7 aromatic rings. The molecule has 0 heterocycles. The predicted octanol–water partition coefficient (Wildman–Crippen LogP) is 11.2. The molecule has 0 amide bonds. The van der Waals surface area contributed by atoms with Gasteiger partial charge in [0, 0.05) is 45.5 Å². The van der Waals surface area contributed by atoms with Crippen LogP contribution in [0.15, 0.2) is 146 Å². The topological polar surface area (TPSA) is 33.7 Å². The summed E-state index contributed by atoms with van der Waals surface area (Å²) in [5.74, 6) is 1.65. The predicted molar refractivity (Wildman–Crippen MR) is 189 cm³/mol. The van der Waals surface area contributed by atoms with Gasteiger partial charge in [-0.15, -0.1) is 0 Å². The van der Waals surface area contributed by atoms with Crippen molar-refractivity contribution >= 4 is 50.0 Å². The molecule has 4 nitrogen and oxygen atoms in total. The Morgan fingerprint density at radius 2 is 1.04 bits per heavy atom. The molecule has 4 heteroatoms. The number of anilines is 5.